The normalized spacial score (nSPS) is 13.9. The number of fused-ring (bicyclic) bond motifs is 1. The fraction of sp³-hybridized carbons (Fsp3) is 0.333. The summed E-state index contributed by atoms with van der Waals surface area (Å²) >= 11 is 1.62. The first kappa shape index (κ1) is 12.4. The first-order valence-electron chi connectivity index (χ1n) is 6.59. The number of nitrogens with zero attached hydrogens (tertiary/aromatic N) is 1. The van der Waals surface area contributed by atoms with E-state index in [-0.39, 0.29) is 5.91 Å². The summed E-state index contributed by atoms with van der Waals surface area (Å²) in [4.78, 5) is 18.1. The maximum atomic E-state index is 12.2. The largest absolute Gasteiger partial charge is 0.298 e. The van der Waals surface area contributed by atoms with Crippen LogP contribution in [-0.4, -0.2) is 10.9 Å². The van der Waals surface area contributed by atoms with Crippen LogP contribution in [0.5, 0.6) is 0 Å². The highest BCUT2D eigenvalue weighted by atomic mass is 32.1. The van der Waals surface area contributed by atoms with Gasteiger partial charge in [-0.15, -0.1) is 11.3 Å². The fourth-order valence-electron chi connectivity index (χ4n) is 2.40. The lowest BCUT2D eigenvalue weighted by Gasteiger charge is -2.06. The van der Waals surface area contributed by atoms with E-state index < -0.39 is 0 Å². The molecule has 1 aliphatic rings. The minimum absolute atomic E-state index is 0.0656. The number of hydrogen-bond acceptors (Lipinski definition) is 3. The van der Waals surface area contributed by atoms with Gasteiger partial charge in [-0.2, -0.15) is 0 Å². The van der Waals surface area contributed by atoms with Gasteiger partial charge < -0.3 is 0 Å². The Bertz CT molecular complexity index is 595. The molecule has 0 radical (unpaired) electrons. The Hall–Kier alpha value is -1.68. The molecule has 0 unspecified atom stereocenters. The van der Waals surface area contributed by atoms with Gasteiger partial charge in [-0.3, -0.25) is 10.1 Å². The van der Waals surface area contributed by atoms with E-state index in [0.29, 0.717) is 0 Å². The van der Waals surface area contributed by atoms with Crippen LogP contribution in [0.2, 0.25) is 0 Å². The van der Waals surface area contributed by atoms with E-state index in [1.807, 2.05) is 31.2 Å². The summed E-state index contributed by atoms with van der Waals surface area (Å²) in [5.74, 6) is -0.0656. The van der Waals surface area contributed by atoms with Crippen LogP contribution < -0.4 is 5.32 Å². The summed E-state index contributed by atoms with van der Waals surface area (Å²) in [5.41, 5.74) is 2.88. The van der Waals surface area contributed by atoms with Crippen molar-refractivity contribution in [1.29, 1.82) is 0 Å². The third kappa shape index (κ3) is 2.54. The van der Waals surface area contributed by atoms with Gasteiger partial charge in [-0.25, -0.2) is 4.98 Å². The molecule has 3 nitrogen and oxygen atoms in total. The highest BCUT2D eigenvalue weighted by Gasteiger charge is 2.17. The number of nitrogens with one attached hydrogen (secondary N) is 1. The minimum atomic E-state index is -0.0656. The Kier molecular flexibility index (Phi) is 3.34. The van der Waals surface area contributed by atoms with Crippen LogP contribution in [0.15, 0.2) is 24.3 Å². The van der Waals surface area contributed by atoms with E-state index in [1.165, 1.54) is 23.4 Å². The molecule has 0 saturated carbocycles. The van der Waals surface area contributed by atoms with Gasteiger partial charge in [0.25, 0.3) is 5.91 Å². The Morgan fingerprint density at radius 1 is 1.26 bits per heavy atom. The number of aromatic nitrogens is 1. The summed E-state index contributed by atoms with van der Waals surface area (Å²) in [7, 11) is 0. The first-order chi connectivity index (χ1) is 9.24. The molecule has 1 aromatic carbocycles. The van der Waals surface area contributed by atoms with Crippen LogP contribution in [0.3, 0.4) is 0 Å². The molecule has 0 spiro atoms. The molecular formula is C15H16N2OS. The Balaban J connectivity index is 1.80. The molecule has 0 saturated heterocycles. The molecule has 4 heteroatoms. The van der Waals surface area contributed by atoms with E-state index in [9.17, 15) is 4.79 Å². The maximum Gasteiger partial charge on any atom is 0.257 e. The molecule has 0 atom stereocenters. The van der Waals surface area contributed by atoms with Crippen molar-refractivity contribution >= 4 is 22.4 Å². The van der Waals surface area contributed by atoms with Crippen LogP contribution in [0.4, 0.5) is 5.13 Å². The van der Waals surface area contributed by atoms with Crippen molar-refractivity contribution in [2.45, 2.75) is 32.6 Å². The predicted molar refractivity (Wildman–Crippen MR) is 77.9 cm³/mol. The number of amides is 1. The van der Waals surface area contributed by atoms with Gasteiger partial charge in [0.2, 0.25) is 0 Å². The third-order valence-electron chi connectivity index (χ3n) is 3.46. The Morgan fingerprint density at radius 2 is 2.05 bits per heavy atom. The van der Waals surface area contributed by atoms with Crippen molar-refractivity contribution in [3.63, 3.8) is 0 Å². The van der Waals surface area contributed by atoms with Gasteiger partial charge in [0.15, 0.2) is 5.13 Å². The van der Waals surface area contributed by atoms with Gasteiger partial charge in [0.1, 0.15) is 0 Å². The molecule has 0 aliphatic heterocycles. The zero-order chi connectivity index (χ0) is 13.2. The number of benzene rings is 1. The van der Waals surface area contributed by atoms with Crippen LogP contribution in [-0.2, 0) is 12.8 Å². The number of carbonyl (C=O) groups excluding carboxylic acids is 1. The molecular weight excluding hydrogens is 256 g/mol. The topological polar surface area (TPSA) is 42.0 Å². The molecule has 98 valence electrons. The molecule has 0 fully saturated rings. The number of rotatable bonds is 2. The van der Waals surface area contributed by atoms with Gasteiger partial charge in [0.05, 0.1) is 5.69 Å². The lowest BCUT2D eigenvalue weighted by atomic mass is 10.0. The quantitative estimate of drug-likeness (QED) is 0.908. The van der Waals surface area contributed by atoms with Crippen LogP contribution >= 0.6 is 11.3 Å². The summed E-state index contributed by atoms with van der Waals surface area (Å²) in [6.07, 6.45) is 4.60. The molecule has 2 aromatic rings. The molecule has 1 heterocycles. The molecule has 1 amide bonds. The maximum absolute atomic E-state index is 12.2. The van der Waals surface area contributed by atoms with E-state index >= 15 is 0 Å². The molecule has 1 aliphatic carbocycles. The van der Waals surface area contributed by atoms with Crippen molar-refractivity contribution in [1.82, 2.24) is 4.98 Å². The molecule has 19 heavy (non-hydrogen) atoms. The summed E-state index contributed by atoms with van der Waals surface area (Å²) < 4.78 is 0. The second-order valence-corrected chi connectivity index (χ2v) is 5.95. The molecule has 3 rings (SSSR count). The van der Waals surface area contributed by atoms with Gasteiger partial charge >= 0.3 is 0 Å². The average molecular weight is 272 g/mol. The van der Waals surface area contributed by atoms with Gasteiger partial charge in [-0.05, 0) is 44.2 Å². The van der Waals surface area contributed by atoms with Crippen molar-refractivity contribution in [3.8, 4) is 0 Å². The van der Waals surface area contributed by atoms with Crippen molar-refractivity contribution in [3.05, 3.63) is 46.0 Å². The molecule has 1 N–H and O–H groups in total. The minimum Gasteiger partial charge on any atom is -0.298 e. The number of carbonyl (C=O) groups is 1. The average Bonchev–Trinajstić information content (AvgIpc) is 2.81. The SMILES string of the molecule is Cc1ccccc1C(=O)Nc1nc2c(s1)CCCC2. The highest BCUT2D eigenvalue weighted by molar-refractivity contribution is 7.15. The Morgan fingerprint density at radius 3 is 2.84 bits per heavy atom. The lowest BCUT2D eigenvalue weighted by molar-refractivity contribution is 0.102. The number of anilines is 1. The van der Waals surface area contributed by atoms with Crippen LogP contribution in [0.25, 0.3) is 0 Å². The monoisotopic (exact) mass is 272 g/mol. The smallest absolute Gasteiger partial charge is 0.257 e. The second-order valence-electron chi connectivity index (χ2n) is 4.87. The van der Waals surface area contributed by atoms with Crippen LogP contribution in [0.1, 0.15) is 39.3 Å². The second kappa shape index (κ2) is 5.13. The van der Waals surface area contributed by atoms with Gasteiger partial charge in [0, 0.05) is 10.4 Å². The van der Waals surface area contributed by atoms with E-state index in [4.69, 9.17) is 0 Å². The Labute approximate surface area is 116 Å². The number of hydrogen-bond donors (Lipinski definition) is 1. The highest BCUT2D eigenvalue weighted by Crippen LogP contribution is 2.29. The van der Waals surface area contributed by atoms with E-state index in [0.717, 1.165) is 29.1 Å². The summed E-state index contributed by atoms with van der Waals surface area (Å²) in [5, 5.41) is 3.66. The van der Waals surface area contributed by atoms with E-state index in [1.54, 1.807) is 11.3 Å². The third-order valence-corrected chi connectivity index (χ3v) is 4.53. The number of aryl methyl sites for hydroxylation is 3. The van der Waals surface area contributed by atoms with Crippen LogP contribution in [0, 0.1) is 6.92 Å². The van der Waals surface area contributed by atoms with E-state index in [2.05, 4.69) is 10.3 Å². The van der Waals surface area contributed by atoms with Crippen molar-refractivity contribution in [2.24, 2.45) is 0 Å². The zero-order valence-corrected chi connectivity index (χ0v) is 11.7. The number of thiazole rings is 1. The van der Waals surface area contributed by atoms with Crippen molar-refractivity contribution in [2.75, 3.05) is 5.32 Å². The summed E-state index contributed by atoms with van der Waals surface area (Å²) in [6.45, 7) is 1.95. The fourth-order valence-corrected chi connectivity index (χ4v) is 3.44. The molecule has 0 bridgehead atoms. The predicted octanol–water partition coefficient (Wildman–Crippen LogP) is 3.58. The van der Waals surface area contributed by atoms with Crippen molar-refractivity contribution < 1.29 is 4.79 Å². The van der Waals surface area contributed by atoms with Gasteiger partial charge in [-0.1, -0.05) is 18.2 Å². The summed E-state index contributed by atoms with van der Waals surface area (Å²) in [6, 6.07) is 7.61. The molecule has 1 aromatic heterocycles. The lowest BCUT2D eigenvalue weighted by Crippen LogP contribution is -2.13. The standard InChI is InChI=1S/C15H16N2OS/c1-10-6-2-3-7-11(10)14(18)17-15-16-12-8-4-5-9-13(12)19-15/h2-3,6-7H,4-5,8-9H2,1H3,(H,16,17,18). The zero-order valence-electron chi connectivity index (χ0n) is 10.9. The first-order valence-corrected chi connectivity index (χ1v) is 7.41.